The fourth-order valence-electron chi connectivity index (χ4n) is 2.36. The summed E-state index contributed by atoms with van der Waals surface area (Å²) in [4.78, 5) is 0. The molecule has 0 N–H and O–H groups in total. The minimum Gasteiger partial charge on any atom is -0.203 e. The number of benzene rings is 3. The van der Waals surface area contributed by atoms with Crippen molar-refractivity contribution in [1.82, 2.24) is 0 Å². The van der Waals surface area contributed by atoms with Gasteiger partial charge in [0.1, 0.15) is 0 Å². The molecule has 0 amide bonds. The fraction of sp³-hybridized carbons (Fsp3) is 0. The van der Waals surface area contributed by atoms with Crippen LogP contribution in [0.25, 0.3) is 21.9 Å². The standard InChI is InChI=1S/C16H3F9/c17-8-5-2-1-4(3-6(5)9(18)13(22)12(8)21)7-10(19)14(23)16(25)15(24)11(7)20/h1-3H. The van der Waals surface area contributed by atoms with Crippen molar-refractivity contribution in [3.63, 3.8) is 0 Å². The Labute approximate surface area is 133 Å². The summed E-state index contributed by atoms with van der Waals surface area (Å²) in [7, 11) is 0. The maximum Gasteiger partial charge on any atom is 0.200 e. The molecule has 0 nitrogen and oxygen atoms in total. The summed E-state index contributed by atoms with van der Waals surface area (Å²) in [6, 6.07) is 1.76. The van der Waals surface area contributed by atoms with Gasteiger partial charge in [0.25, 0.3) is 0 Å². The van der Waals surface area contributed by atoms with Crippen LogP contribution in [-0.4, -0.2) is 0 Å². The number of hydrogen-bond donors (Lipinski definition) is 0. The van der Waals surface area contributed by atoms with Crippen molar-refractivity contribution in [2.75, 3.05) is 0 Å². The first kappa shape index (κ1) is 17.1. The molecule has 0 fully saturated rings. The van der Waals surface area contributed by atoms with E-state index >= 15 is 0 Å². The number of halogens is 9. The second kappa shape index (κ2) is 5.68. The summed E-state index contributed by atoms with van der Waals surface area (Å²) in [6.45, 7) is 0. The summed E-state index contributed by atoms with van der Waals surface area (Å²) >= 11 is 0. The molecule has 0 spiro atoms. The lowest BCUT2D eigenvalue weighted by atomic mass is 9.99. The van der Waals surface area contributed by atoms with Crippen LogP contribution in [0.5, 0.6) is 0 Å². The second-order valence-corrected chi connectivity index (χ2v) is 4.96. The number of hydrogen-bond acceptors (Lipinski definition) is 0. The van der Waals surface area contributed by atoms with Crippen molar-refractivity contribution in [1.29, 1.82) is 0 Å². The zero-order valence-corrected chi connectivity index (χ0v) is 11.6. The average Bonchev–Trinajstić information content (AvgIpc) is 2.61. The highest BCUT2D eigenvalue weighted by Crippen LogP contribution is 2.35. The first-order valence-corrected chi connectivity index (χ1v) is 6.44. The normalized spacial score (nSPS) is 11.4. The lowest BCUT2D eigenvalue weighted by Gasteiger charge is -2.11. The maximum atomic E-state index is 13.8. The monoisotopic (exact) mass is 366 g/mol. The van der Waals surface area contributed by atoms with Gasteiger partial charge >= 0.3 is 0 Å². The molecule has 0 aliphatic heterocycles. The molecule has 0 saturated carbocycles. The van der Waals surface area contributed by atoms with E-state index in [0.717, 1.165) is 0 Å². The van der Waals surface area contributed by atoms with Crippen LogP contribution in [0.1, 0.15) is 0 Å². The largest absolute Gasteiger partial charge is 0.203 e. The SMILES string of the molecule is Fc1c(F)c(F)c(-c2ccc3c(F)c(F)c(F)c(F)c3c2)c(F)c1F. The van der Waals surface area contributed by atoms with Crippen molar-refractivity contribution < 1.29 is 39.5 Å². The molecule has 0 aliphatic carbocycles. The summed E-state index contributed by atoms with van der Waals surface area (Å²) in [6.07, 6.45) is 0. The molecule has 3 aromatic carbocycles. The van der Waals surface area contributed by atoms with Crippen molar-refractivity contribution in [3.8, 4) is 11.1 Å². The van der Waals surface area contributed by atoms with Gasteiger partial charge in [0.2, 0.25) is 5.82 Å². The van der Waals surface area contributed by atoms with Crippen molar-refractivity contribution >= 4 is 10.8 Å². The summed E-state index contributed by atoms with van der Waals surface area (Å²) in [5, 5.41) is -1.71. The number of fused-ring (bicyclic) bond motifs is 1. The van der Waals surface area contributed by atoms with Crippen molar-refractivity contribution in [2.24, 2.45) is 0 Å². The Morgan fingerprint density at radius 1 is 0.400 bits per heavy atom. The molecule has 0 heterocycles. The summed E-state index contributed by atoms with van der Waals surface area (Å²) in [5.74, 6) is -19.2. The molecule has 0 saturated heterocycles. The Balaban J connectivity index is 2.40. The van der Waals surface area contributed by atoms with Gasteiger partial charge in [-0.3, -0.25) is 0 Å². The van der Waals surface area contributed by atoms with Crippen LogP contribution in [0.4, 0.5) is 39.5 Å². The smallest absolute Gasteiger partial charge is 0.200 e. The van der Waals surface area contributed by atoms with Crippen molar-refractivity contribution in [3.05, 3.63) is 70.6 Å². The van der Waals surface area contributed by atoms with Gasteiger partial charge < -0.3 is 0 Å². The molecule has 0 radical (unpaired) electrons. The maximum absolute atomic E-state index is 13.8. The average molecular weight is 366 g/mol. The quantitative estimate of drug-likeness (QED) is 0.292. The van der Waals surface area contributed by atoms with Crippen LogP contribution in [-0.2, 0) is 0 Å². The first-order valence-electron chi connectivity index (χ1n) is 6.44. The highest BCUT2D eigenvalue weighted by atomic mass is 19.2. The van der Waals surface area contributed by atoms with Gasteiger partial charge in [-0.25, -0.2) is 39.5 Å². The van der Waals surface area contributed by atoms with Crippen LogP contribution < -0.4 is 0 Å². The minimum atomic E-state index is -2.40. The third kappa shape index (κ3) is 2.33. The van der Waals surface area contributed by atoms with Gasteiger partial charge in [-0.2, -0.15) is 0 Å². The lowest BCUT2D eigenvalue weighted by molar-refractivity contribution is 0.381. The molecule has 0 bridgehead atoms. The van der Waals surface area contributed by atoms with Gasteiger partial charge in [0, 0.05) is 10.8 Å². The van der Waals surface area contributed by atoms with Crippen molar-refractivity contribution in [2.45, 2.75) is 0 Å². The molecular weight excluding hydrogens is 363 g/mol. The van der Waals surface area contributed by atoms with Crippen LogP contribution in [0.2, 0.25) is 0 Å². The van der Waals surface area contributed by atoms with Gasteiger partial charge in [0.05, 0.1) is 5.56 Å². The van der Waals surface area contributed by atoms with E-state index in [1.54, 1.807) is 0 Å². The Morgan fingerprint density at radius 2 is 0.800 bits per heavy atom. The number of rotatable bonds is 1. The highest BCUT2D eigenvalue weighted by Gasteiger charge is 2.27. The Bertz CT molecular complexity index is 1010. The first-order chi connectivity index (χ1) is 11.7. The fourth-order valence-corrected chi connectivity index (χ4v) is 2.36. The van der Waals surface area contributed by atoms with E-state index in [2.05, 4.69) is 0 Å². The Hall–Kier alpha value is -2.71. The van der Waals surface area contributed by atoms with Gasteiger partial charge in [-0.05, 0) is 11.6 Å². The summed E-state index contributed by atoms with van der Waals surface area (Å²) < 4.78 is 121. The van der Waals surface area contributed by atoms with E-state index in [0.29, 0.717) is 18.2 Å². The van der Waals surface area contributed by atoms with Crippen LogP contribution >= 0.6 is 0 Å². The highest BCUT2D eigenvalue weighted by molar-refractivity contribution is 5.88. The molecule has 3 aromatic rings. The van der Waals surface area contributed by atoms with Crippen LogP contribution in [0.3, 0.4) is 0 Å². The van der Waals surface area contributed by atoms with Gasteiger partial charge in [-0.1, -0.05) is 12.1 Å². The molecule has 9 heteroatoms. The molecule has 0 unspecified atom stereocenters. The predicted molar refractivity (Wildman–Crippen MR) is 69.0 cm³/mol. The molecule has 0 aromatic heterocycles. The molecule has 130 valence electrons. The molecule has 25 heavy (non-hydrogen) atoms. The van der Waals surface area contributed by atoms with E-state index in [1.807, 2.05) is 0 Å². The molecule has 0 aliphatic rings. The Morgan fingerprint density at radius 3 is 1.32 bits per heavy atom. The van der Waals surface area contributed by atoms with E-state index in [4.69, 9.17) is 0 Å². The molecule has 0 atom stereocenters. The zero-order chi connectivity index (χ0) is 18.6. The second-order valence-electron chi connectivity index (χ2n) is 4.96. The van der Waals surface area contributed by atoms with Crippen LogP contribution in [0, 0.1) is 52.4 Å². The third-order valence-corrected chi connectivity index (χ3v) is 3.57. The topological polar surface area (TPSA) is 0 Å². The van der Waals surface area contributed by atoms with Gasteiger partial charge in [-0.15, -0.1) is 0 Å². The van der Waals surface area contributed by atoms with E-state index in [-0.39, 0.29) is 0 Å². The predicted octanol–water partition coefficient (Wildman–Crippen LogP) is 5.76. The Kier molecular flexibility index (Phi) is 3.89. The zero-order valence-electron chi connectivity index (χ0n) is 11.6. The van der Waals surface area contributed by atoms with E-state index < -0.39 is 74.3 Å². The third-order valence-electron chi connectivity index (χ3n) is 3.57. The van der Waals surface area contributed by atoms with E-state index in [1.165, 1.54) is 0 Å². The lowest BCUT2D eigenvalue weighted by Crippen LogP contribution is -2.04. The van der Waals surface area contributed by atoms with Gasteiger partial charge in [0.15, 0.2) is 46.5 Å². The van der Waals surface area contributed by atoms with E-state index in [9.17, 15) is 39.5 Å². The molecule has 3 rings (SSSR count). The molecular formula is C16H3F9. The van der Waals surface area contributed by atoms with Crippen LogP contribution in [0.15, 0.2) is 18.2 Å². The summed E-state index contributed by atoms with van der Waals surface area (Å²) in [5.41, 5.74) is -2.16. The minimum absolute atomic E-state index is 0.453.